The Kier molecular flexibility index (Phi) is 6.74. The molecule has 39 heavy (non-hydrogen) atoms. The van der Waals surface area contributed by atoms with Gasteiger partial charge >= 0.3 is 0 Å². The molecule has 11 heteroatoms. The number of halogens is 1. The maximum absolute atomic E-state index is 14.9. The SMILES string of the molecule is Cc1nc2ncc(-c3nc(Nc4ccc(CN5CCN(C6COC6)CC5)cn4)ncc3F)cc2n1C(C)(C)C. The lowest BCUT2D eigenvalue weighted by Gasteiger charge is -2.42. The highest BCUT2D eigenvalue weighted by atomic mass is 19.1. The van der Waals surface area contributed by atoms with Crippen molar-refractivity contribution in [1.82, 2.24) is 39.3 Å². The standard InChI is InChI=1S/C28H34FN9O/c1-18-33-26-23(38(18)28(2,3)4)11-20(13-31-26)25-22(29)14-32-27(35-25)34-24-6-5-19(12-30-24)15-36-7-9-37(10-8-36)21-16-39-17-21/h5-6,11-14,21H,7-10,15-17H2,1-4H3,(H,30,32,34,35). The molecule has 2 fully saturated rings. The van der Waals surface area contributed by atoms with Crippen LogP contribution in [0.2, 0.25) is 0 Å². The van der Waals surface area contributed by atoms with Crippen LogP contribution in [0.3, 0.4) is 0 Å². The predicted octanol–water partition coefficient (Wildman–Crippen LogP) is 3.75. The molecule has 0 atom stereocenters. The summed E-state index contributed by atoms with van der Waals surface area (Å²) >= 11 is 0. The minimum Gasteiger partial charge on any atom is -0.378 e. The average Bonchev–Trinajstić information content (AvgIpc) is 3.22. The topological polar surface area (TPSA) is 97.1 Å². The van der Waals surface area contributed by atoms with E-state index < -0.39 is 5.82 Å². The number of fused-ring (bicyclic) bond motifs is 1. The van der Waals surface area contributed by atoms with Crippen LogP contribution in [0.1, 0.15) is 32.2 Å². The molecule has 0 saturated carbocycles. The summed E-state index contributed by atoms with van der Waals surface area (Å²) in [4.78, 5) is 27.2. The highest BCUT2D eigenvalue weighted by Crippen LogP contribution is 2.29. The summed E-state index contributed by atoms with van der Waals surface area (Å²) in [6.45, 7) is 15.1. The van der Waals surface area contributed by atoms with Crippen LogP contribution in [0.5, 0.6) is 0 Å². The van der Waals surface area contributed by atoms with Gasteiger partial charge in [0.25, 0.3) is 0 Å². The molecule has 0 spiro atoms. The van der Waals surface area contributed by atoms with Crippen LogP contribution < -0.4 is 5.32 Å². The smallest absolute Gasteiger partial charge is 0.229 e. The van der Waals surface area contributed by atoms with Gasteiger partial charge in [-0.2, -0.15) is 0 Å². The molecule has 0 unspecified atom stereocenters. The van der Waals surface area contributed by atoms with Crippen molar-refractivity contribution in [3.05, 3.63) is 54.0 Å². The Morgan fingerprint density at radius 3 is 2.46 bits per heavy atom. The summed E-state index contributed by atoms with van der Waals surface area (Å²) in [6.07, 6.45) is 4.64. The van der Waals surface area contributed by atoms with Gasteiger partial charge in [-0.1, -0.05) is 6.07 Å². The molecule has 6 rings (SSSR count). The Morgan fingerprint density at radius 2 is 1.79 bits per heavy atom. The molecule has 4 aromatic heterocycles. The molecule has 6 heterocycles. The first-order valence-corrected chi connectivity index (χ1v) is 13.4. The summed E-state index contributed by atoms with van der Waals surface area (Å²) in [5.74, 6) is 1.20. The number of aromatic nitrogens is 6. The Morgan fingerprint density at radius 1 is 1.00 bits per heavy atom. The Labute approximate surface area is 227 Å². The van der Waals surface area contributed by atoms with Gasteiger partial charge in [0, 0.05) is 56.2 Å². The van der Waals surface area contributed by atoms with E-state index in [0.29, 0.717) is 23.1 Å². The molecular weight excluding hydrogens is 497 g/mol. The summed E-state index contributed by atoms with van der Waals surface area (Å²) < 4.78 is 22.3. The number of pyridine rings is 2. The van der Waals surface area contributed by atoms with Crippen LogP contribution >= 0.6 is 0 Å². The number of rotatable bonds is 6. The van der Waals surface area contributed by atoms with Crippen LogP contribution in [0.25, 0.3) is 22.4 Å². The minimum atomic E-state index is -0.520. The summed E-state index contributed by atoms with van der Waals surface area (Å²) in [5.41, 5.74) is 3.13. The van der Waals surface area contributed by atoms with Crippen molar-refractivity contribution in [2.24, 2.45) is 0 Å². The van der Waals surface area contributed by atoms with Crippen molar-refractivity contribution < 1.29 is 9.13 Å². The van der Waals surface area contributed by atoms with Crippen molar-refractivity contribution >= 4 is 22.9 Å². The van der Waals surface area contributed by atoms with Crippen molar-refractivity contribution in [1.29, 1.82) is 0 Å². The van der Waals surface area contributed by atoms with Gasteiger partial charge in [-0.3, -0.25) is 9.80 Å². The second-order valence-corrected chi connectivity index (χ2v) is 11.3. The van der Waals surface area contributed by atoms with E-state index in [9.17, 15) is 4.39 Å². The summed E-state index contributed by atoms with van der Waals surface area (Å²) in [6, 6.07) is 6.45. The fraction of sp³-hybridized carbons (Fsp3) is 0.464. The molecule has 0 amide bonds. The first-order valence-electron chi connectivity index (χ1n) is 13.4. The molecule has 2 aliphatic rings. The van der Waals surface area contributed by atoms with E-state index in [4.69, 9.17) is 4.74 Å². The van der Waals surface area contributed by atoms with E-state index in [0.717, 1.165) is 62.8 Å². The van der Waals surface area contributed by atoms with Gasteiger partial charge in [0.15, 0.2) is 11.5 Å². The van der Waals surface area contributed by atoms with Crippen molar-refractivity contribution in [3.63, 3.8) is 0 Å². The molecule has 0 aliphatic carbocycles. The molecule has 2 saturated heterocycles. The van der Waals surface area contributed by atoms with Crippen LogP contribution in [0, 0.1) is 12.7 Å². The molecule has 4 aromatic rings. The van der Waals surface area contributed by atoms with E-state index in [1.165, 1.54) is 6.20 Å². The predicted molar refractivity (Wildman–Crippen MR) is 147 cm³/mol. The van der Waals surface area contributed by atoms with Gasteiger partial charge in [-0.25, -0.2) is 29.3 Å². The van der Waals surface area contributed by atoms with Crippen molar-refractivity contribution in [2.75, 3.05) is 44.7 Å². The number of imidazole rings is 1. The first-order chi connectivity index (χ1) is 18.7. The quantitative estimate of drug-likeness (QED) is 0.399. The molecule has 0 aromatic carbocycles. The van der Waals surface area contributed by atoms with E-state index >= 15 is 0 Å². The Bertz CT molecular complexity index is 1470. The van der Waals surface area contributed by atoms with Crippen LogP contribution in [-0.4, -0.2) is 84.7 Å². The number of nitrogens with one attached hydrogen (secondary N) is 1. The molecular formula is C28H34FN9O. The normalized spacial score (nSPS) is 17.5. The molecule has 10 nitrogen and oxygen atoms in total. The van der Waals surface area contributed by atoms with Gasteiger partial charge in [-0.05, 0) is 45.4 Å². The lowest BCUT2D eigenvalue weighted by molar-refractivity contribution is -0.0774. The van der Waals surface area contributed by atoms with Gasteiger partial charge in [0.1, 0.15) is 17.3 Å². The summed E-state index contributed by atoms with van der Waals surface area (Å²) in [5, 5.41) is 3.11. The van der Waals surface area contributed by atoms with Crippen molar-refractivity contribution in [2.45, 2.75) is 45.8 Å². The third-order valence-electron chi connectivity index (χ3n) is 7.38. The molecule has 1 N–H and O–H groups in total. The largest absolute Gasteiger partial charge is 0.378 e. The van der Waals surface area contributed by atoms with E-state index in [-0.39, 0.29) is 17.2 Å². The first kappa shape index (κ1) is 25.7. The maximum Gasteiger partial charge on any atom is 0.229 e. The molecule has 2 aliphatic heterocycles. The molecule has 204 valence electrons. The molecule has 0 bridgehead atoms. The maximum atomic E-state index is 14.9. The van der Waals surface area contributed by atoms with Crippen LogP contribution in [-0.2, 0) is 16.8 Å². The number of nitrogens with zero attached hydrogens (tertiary/aromatic N) is 8. The van der Waals surface area contributed by atoms with E-state index in [1.54, 1.807) is 6.20 Å². The zero-order chi connectivity index (χ0) is 27.1. The average molecular weight is 532 g/mol. The third-order valence-corrected chi connectivity index (χ3v) is 7.38. The highest BCUT2D eigenvalue weighted by Gasteiger charge is 2.28. The number of hydrogen-bond acceptors (Lipinski definition) is 9. The van der Waals surface area contributed by atoms with Crippen molar-refractivity contribution in [3.8, 4) is 11.3 Å². The number of ether oxygens (including phenoxy) is 1. The zero-order valence-electron chi connectivity index (χ0n) is 22.9. The van der Waals surface area contributed by atoms with Gasteiger partial charge in [0.2, 0.25) is 5.95 Å². The fourth-order valence-corrected chi connectivity index (χ4v) is 5.37. The van der Waals surface area contributed by atoms with Gasteiger partial charge in [-0.15, -0.1) is 0 Å². The van der Waals surface area contributed by atoms with E-state index in [1.807, 2.05) is 25.3 Å². The number of piperazine rings is 1. The lowest BCUT2D eigenvalue weighted by atomic mass is 10.1. The molecule has 0 radical (unpaired) electrons. The fourth-order valence-electron chi connectivity index (χ4n) is 5.37. The van der Waals surface area contributed by atoms with Gasteiger partial charge < -0.3 is 14.6 Å². The minimum absolute atomic E-state index is 0.172. The summed E-state index contributed by atoms with van der Waals surface area (Å²) in [7, 11) is 0. The Balaban J connectivity index is 1.15. The monoisotopic (exact) mass is 531 g/mol. The second-order valence-electron chi connectivity index (χ2n) is 11.3. The number of hydrogen-bond donors (Lipinski definition) is 1. The zero-order valence-corrected chi connectivity index (χ0v) is 22.9. The van der Waals surface area contributed by atoms with E-state index in [2.05, 4.69) is 71.4 Å². The van der Waals surface area contributed by atoms with Crippen LogP contribution in [0.4, 0.5) is 16.2 Å². The number of aryl methyl sites for hydroxylation is 1. The lowest BCUT2D eigenvalue weighted by Crippen LogP contribution is -2.56. The Hall–Kier alpha value is -3.54. The van der Waals surface area contributed by atoms with Crippen LogP contribution in [0.15, 0.2) is 36.8 Å². The highest BCUT2D eigenvalue weighted by molar-refractivity contribution is 5.78. The second kappa shape index (κ2) is 10.2. The third kappa shape index (κ3) is 5.34. The number of anilines is 2. The van der Waals surface area contributed by atoms with Gasteiger partial charge in [0.05, 0.1) is 31.0 Å².